The van der Waals surface area contributed by atoms with Gasteiger partial charge < -0.3 is 20.3 Å². The number of ether oxygens (including phenoxy) is 1. The molecule has 150 valence electrons. The Balaban J connectivity index is 2.00. The second-order valence-electron chi connectivity index (χ2n) is 7.10. The number of morpholine rings is 1. The minimum atomic E-state index is -0.512. The predicted molar refractivity (Wildman–Crippen MR) is 103 cm³/mol. The zero-order valence-corrected chi connectivity index (χ0v) is 16.0. The largest absolute Gasteiger partial charge is 0.383 e. The molecule has 2 aliphatic heterocycles. The Morgan fingerprint density at radius 2 is 1.70 bits per heavy atom. The molecule has 27 heavy (non-hydrogen) atoms. The molecule has 0 aromatic carbocycles. The van der Waals surface area contributed by atoms with Crippen LogP contribution in [-0.4, -0.2) is 59.3 Å². The molecular weight excluding hydrogens is 350 g/mol. The minimum Gasteiger partial charge on any atom is -0.383 e. The molecule has 0 radical (unpaired) electrons. The number of anilines is 2. The van der Waals surface area contributed by atoms with Crippen molar-refractivity contribution in [2.24, 2.45) is 0 Å². The standard InChI is InChI=1S/C18H29N5O4/c1-2-6-22-16(19)15(21-9-11-27-12-10-21)17(25)23(18(22)26)13-14(24)20-7-4-3-5-8-20/h2-13,19H2,1H3. The molecule has 3 rings (SSSR count). The van der Waals surface area contributed by atoms with Crippen molar-refractivity contribution in [3.8, 4) is 0 Å². The molecule has 0 unspecified atom stereocenters. The van der Waals surface area contributed by atoms with Gasteiger partial charge in [-0.3, -0.25) is 14.2 Å². The van der Waals surface area contributed by atoms with E-state index in [0.717, 1.165) is 23.8 Å². The van der Waals surface area contributed by atoms with Crippen LogP contribution < -0.4 is 21.9 Å². The maximum Gasteiger partial charge on any atom is 0.333 e. The van der Waals surface area contributed by atoms with Crippen molar-refractivity contribution < 1.29 is 9.53 Å². The number of rotatable bonds is 5. The lowest BCUT2D eigenvalue weighted by atomic mass is 10.1. The van der Waals surface area contributed by atoms with E-state index in [-0.39, 0.29) is 18.3 Å². The summed E-state index contributed by atoms with van der Waals surface area (Å²) in [7, 11) is 0. The number of piperidine rings is 1. The number of hydrogen-bond donors (Lipinski definition) is 1. The Bertz CT molecular complexity index is 788. The first-order chi connectivity index (χ1) is 13.0. The summed E-state index contributed by atoms with van der Waals surface area (Å²) in [5.74, 6) is -0.00920. The average Bonchev–Trinajstić information content (AvgIpc) is 2.70. The van der Waals surface area contributed by atoms with Gasteiger partial charge in [0.2, 0.25) is 5.91 Å². The first-order valence-electron chi connectivity index (χ1n) is 9.78. The van der Waals surface area contributed by atoms with Crippen LogP contribution in [0.4, 0.5) is 11.5 Å². The van der Waals surface area contributed by atoms with Crippen LogP contribution >= 0.6 is 0 Å². The molecule has 9 nitrogen and oxygen atoms in total. The molecule has 0 aliphatic carbocycles. The summed E-state index contributed by atoms with van der Waals surface area (Å²) in [5, 5.41) is 0. The van der Waals surface area contributed by atoms with E-state index in [1.807, 2.05) is 11.8 Å². The quantitative estimate of drug-likeness (QED) is 0.763. The van der Waals surface area contributed by atoms with Crippen LogP contribution in [0.25, 0.3) is 0 Å². The fourth-order valence-corrected chi connectivity index (χ4v) is 3.74. The molecule has 0 bridgehead atoms. The third kappa shape index (κ3) is 4.02. The van der Waals surface area contributed by atoms with Crippen LogP contribution in [-0.2, 0) is 22.6 Å². The second kappa shape index (κ2) is 8.60. The molecule has 1 aromatic heterocycles. The second-order valence-corrected chi connectivity index (χ2v) is 7.10. The van der Waals surface area contributed by atoms with Gasteiger partial charge in [0.1, 0.15) is 18.1 Å². The number of likely N-dealkylation sites (tertiary alicyclic amines) is 1. The van der Waals surface area contributed by atoms with E-state index >= 15 is 0 Å². The SMILES string of the molecule is CCCn1c(N)c(N2CCOCC2)c(=O)n(CC(=O)N2CCCCC2)c1=O. The van der Waals surface area contributed by atoms with Crippen LogP contribution in [0.5, 0.6) is 0 Å². The van der Waals surface area contributed by atoms with Gasteiger partial charge in [-0.15, -0.1) is 0 Å². The number of nitrogens with zero attached hydrogens (tertiary/aromatic N) is 4. The molecule has 0 spiro atoms. The van der Waals surface area contributed by atoms with E-state index in [2.05, 4.69) is 0 Å². The fourth-order valence-electron chi connectivity index (χ4n) is 3.74. The topological polar surface area (TPSA) is 103 Å². The van der Waals surface area contributed by atoms with Crippen molar-refractivity contribution in [1.29, 1.82) is 0 Å². The van der Waals surface area contributed by atoms with E-state index in [1.165, 1.54) is 4.57 Å². The number of carbonyl (C=O) groups is 1. The number of amides is 1. The number of carbonyl (C=O) groups excluding carboxylic acids is 1. The van der Waals surface area contributed by atoms with Gasteiger partial charge in [0, 0.05) is 32.7 Å². The first kappa shape index (κ1) is 19.5. The maximum absolute atomic E-state index is 13.1. The Kier molecular flexibility index (Phi) is 6.20. The van der Waals surface area contributed by atoms with Gasteiger partial charge in [0.05, 0.1) is 13.2 Å². The van der Waals surface area contributed by atoms with Crippen molar-refractivity contribution in [2.45, 2.75) is 45.7 Å². The lowest BCUT2D eigenvalue weighted by molar-refractivity contribution is -0.132. The van der Waals surface area contributed by atoms with Crippen LogP contribution in [0.3, 0.4) is 0 Å². The summed E-state index contributed by atoms with van der Waals surface area (Å²) >= 11 is 0. The highest BCUT2D eigenvalue weighted by molar-refractivity contribution is 5.76. The van der Waals surface area contributed by atoms with E-state index in [4.69, 9.17) is 10.5 Å². The van der Waals surface area contributed by atoms with Crippen molar-refractivity contribution >= 4 is 17.4 Å². The Hall–Kier alpha value is -2.29. The maximum atomic E-state index is 13.1. The summed E-state index contributed by atoms with van der Waals surface area (Å²) in [6, 6.07) is 0. The summed E-state index contributed by atoms with van der Waals surface area (Å²) in [5.41, 5.74) is 5.52. The monoisotopic (exact) mass is 379 g/mol. The molecule has 2 fully saturated rings. The van der Waals surface area contributed by atoms with Crippen molar-refractivity contribution in [3.63, 3.8) is 0 Å². The lowest BCUT2D eigenvalue weighted by Crippen LogP contribution is -2.49. The van der Waals surface area contributed by atoms with Gasteiger partial charge in [-0.1, -0.05) is 6.92 Å². The molecule has 2 N–H and O–H groups in total. The average molecular weight is 379 g/mol. The zero-order valence-electron chi connectivity index (χ0n) is 16.0. The summed E-state index contributed by atoms with van der Waals surface area (Å²) in [6.45, 7) is 5.53. The smallest absolute Gasteiger partial charge is 0.333 e. The third-order valence-corrected chi connectivity index (χ3v) is 5.22. The molecule has 2 aliphatic rings. The highest BCUT2D eigenvalue weighted by Gasteiger charge is 2.25. The van der Waals surface area contributed by atoms with Crippen LogP contribution in [0.1, 0.15) is 32.6 Å². The Morgan fingerprint density at radius 1 is 1.04 bits per heavy atom. The summed E-state index contributed by atoms with van der Waals surface area (Å²) in [4.78, 5) is 42.2. The lowest BCUT2D eigenvalue weighted by Gasteiger charge is -2.31. The van der Waals surface area contributed by atoms with E-state index in [0.29, 0.717) is 58.0 Å². The molecule has 1 amide bonds. The number of hydrogen-bond acceptors (Lipinski definition) is 6. The summed E-state index contributed by atoms with van der Waals surface area (Å²) in [6.07, 6.45) is 3.73. The van der Waals surface area contributed by atoms with Gasteiger partial charge in [-0.05, 0) is 25.7 Å². The van der Waals surface area contributed by atoms with Crippen molar-refractivity contribution in [2.75, 3.05) is 50.0 Å². The molecule has 2 saturated heterocycles. The highest BCUT2D eigenvalue weighted by Crippen LogP contribution is 2.18. The molecule has 1 aromatic rings. The molecule has 9 heteroatoms. The Morgan fingerprint density at radius 3 is 2.33 bits per heavy atom. The number of nitrogens with two attached hydrogens (primary N) is 1. The first-order valence-corrected chi connectivity index (χ1v) is 9.78. The minimum absolute atomic E-state index is 0.176. The molecular formula is C18H29N5O4. The van der Waals surface area contributed by atoms with Gasteiger partial charge in [-0.2, -0.15) is 0 Å². The van der Waals surface area contributed by atoms with E-state index in [9.17, 15) is 14.4 Å². The van der Waals surface area contributed by atoms with Crippen LogP contribution in [0, 0.1) is 0 Å². The fraction of sp³-hybridized carbons (Fsp3) is 0.722. The highest BCUT2D eigenvalue weighted by atomic mass is 16.5. The van der Waals surface area contributed by atoms with Crippen LogP contribution in [0.2, 0.25) is 0 Å². The Labute approximate surface area is 158 Å². The molecule has 0 atom stereocenters. The molecule has 0 saturated carbocycles. The van der Waals surface area contributed by atoms with Crippen molar-refractivity contribution in [1.82, 2.24) is 14.0 Å². The zero-order chi connectivity index (χ0) is 19.4. The van der Waals surface area contributed by atoms with Gasteiger partial charge in [0.15, 0.2) is 0 Å². The molecule has 3 heterocycles. The van der Waals surface area contributed by atoms with E-state index in [1.54, 1.807) is 4.90 Å². The normalized spacial score (nSPS) is 18.0. The number of aromatic nitrogens is 2. The summed E-state index contributed by atoms with van der Waals surface area (Å²) < 4.78 is 7.82. The van der Waals surface area contributed by atoms with Gasteiger partial charge in [0.25, 0.3) is 5.56 Å². The van der Waals surface area contributed by atoms with Crippen LogP contribution in [0.15, 0.2) is 9.59 Å². The van der Waals surface area contributed by atoms with Gasteiger partial charge >= 0.3 is 5.69 Å². The van der Waals surface area contributed by atoms with Crippen molar-refractivity contribution in [3.05, 3.63) is 20.8 Å². The number of nitrogen functional groups attached to an aromatic ring is 1. The predicted octanol–water partition coefficient (Wildman–Crippen LogP) is -0.149. The van der Waals surface area contributed by atoms with E-state index < -0.39 is 11.2 Å². The van der Waals surface area contributed by atoms with Gasteiger partial charge in [-0.25, -0.2) is 9.36 Å². The third-order valence-electron chi connectivity index (χ3n) is 5.22.